The van der Waals surface area contributed by atoms with Gasteiger partial charge in [-0.2, -0.15) is 5.10 Å². The van der Waals surface area contributed by atoms with E-state index in [2.05, 4.69) is 26.2 Å². The zero-order valence-corrected chi connectivity index (χ0v) is 15.3. The molecule has 1 aromatic carbocycles. The molecule has 0 radical (unpaired) electrons. The molecule has 0 aliphatic carbocycles. The maximum atomic E-state index is 6.37. The topological polar surface area (TPSA) is 51.4 Å². The van der Waals surface area contributed by atoms with Crippen LogP contribution in [0.4, 0.5) is 0 Å². The van der Waals surface area contributed by atoms with Crippen molar-refractivity contribution in [2.45, 2.75) is 19.4 Å². The number of nitrogens with zero attached hydrogens (tertiary/aromatic N) is 3. The van der Waals surface area contributed by atoms with Gasteiger partial charge in [-0.1, -0.05) is 41.6 Å². The molecule has 25 heavy (non-hydrogen) atoms. The van der Waals surface area contributed by atoms with Gasteiger partial charge in [0.05, 0.1) is 18.7 Å². The number of halogens is 1. The number of benzene rings is 1. The first-order chi connectivity index (χ1) is 12.2. The van der Waals surface area contributed by atoms with E-state index in [-0.39, 0.29) is 0 Å². The smallest absolute Gasteiger partial charge is 0.137 e. The van der Waals surface area contributed by atoms with Crippen molar-refractivity contribution in [1.82, 2.24) is 15.0 Å². The van der Waals surface area contributed by atoms with Gasteiger partial charge >= 0.3 is 0 Å². The summed E-state index contributed by atoms with van der Waals surface area (Å²) >= 11 is 8.06. The molecule has 1 aromatic heterocycles. The van der Waals surface area contributed by atoms with E-state index < -0.39 is 0 Å². The molecule has 0 saturated carbocycles. The second kappa shape index (κ2) is 6.98. The van der Waals surface area contributed by atoms with Crippen molar-refractivity contribution < 1.29 is 4.74 Å². The Labute approximate surface area is 155 Å². The molecule has 0 bridgehead atoms. The van der Waals surface area contributed by atoms with E-state index >= 15 is 0 Å². The predicted octanol–water partition coefficient (Wildman–Crippen LogP) is 4.07. The zero-order valence-electron chi connectivity index (χ0n) is 13.7. The highest BCUT2D eigenvalue weighted by Gasteiger charge is 2.19. The van der Waals surface area contributed by atoms with E-state index in [0.717, 1.165) is 40.8 Å². The summed E-state index contributed by atoms with van der Waals surface area (Å²) in [6, 6.07) is 5.87. The number of aromatic nitrogens is 2. The Hall–Kier alpha value is -2.18. The number of thioether (sulfide) groups is 1. The molecule has 2 aromatic rings. The maximum Gasteiger partial charge on any atom is 0.137 e. The van der Waals surface area contributed by atoms with Gasteiger partial charge in [0.1, 0.15) is 21.6 Å². The van der Waals surface area contributed by atoms with Crippen LogP contribution in [-0.4, -0.2) is 21.7 Å². The number of fused-ring (bicyclic) bond motifs is 1. The Bertz CT molecular complexity index is 900. The lowest BCUT2D eigenvalue weighted by atomic mass is 10.1. The predicted molar refractivity (Wildman–Crippen MR) is 103 cm³/mol. The number of ether oxygens (including phenoxy) is 1. The van der Waals surface area contributed by atoms with Crippen LogP contribution in [0.15, 0.2) is 52.4 Å². The van der Waals surface area contributed by atoms with Gasteiger partial charge in [-0.3, -0.25) is 5.43 Å². The molecule has 2 aliphatic heterocycles. The molecule has 0 fully saturated rings. The van der Waals surface area contributed by atoms with Gasteiger partial charge in [-0.15, -0.1) is 0 Å². The summed E-state index contributed by atoms with van der Waals surface area (Å²) in [4.78, 5) is 4.29. The monoisotopic (exact) mass is 372 g/mol. The molecule has 0 amide bonds. The van der Waals surface area contributed by atoms with Crippen LogP contribution in [0.25, 0.3) is 6.08 Å². The second-order valence-corrected chi connectivity index (χ2v) is 7.22. The number of aryl methyl sites for hydroxylation is 1. The number of hydrogen-bond donors (Lipinski definition) is 1. The number of allylic oxidation sites excluding steroid dienone is 2. The number of rotatable bonds is 4. The summed E-state index contributed by atoms with van der Waals surface area (Å²) < 4.78 is 7.40. The third-order valence-corrected chi connectivity index (χ3v) is 5.70. The van der Waals surface area contributed by atoms with Gasteiger partial charge in [-0.05, 0) is 24.1 Å². The Morgan fingerprint density at radius 2 is 2.24 bits per heavy atom. The summed E-state index contributed by atoms with van der Waals surface area (Å²) in [5.74, 6) is 1.70. The molecule has 0 unspecified atom stereocenters. The first-order valence-corrected chi connectivity index (χ1v) is 9.18. The second-order valence-electron chi connectivity index (χ2n) is 5.75. The molecular formula is C18H17ClN4OS. The van der Waals surface area contributed by atoms with E-state index in [9.17, 15) is 0 Å². The molecular weight excluding hydrogens is 356 g/mol. The Morgan fingerprint density at radius 1 is 1.32 bits per heavy atom. The third-order valence-electron chi connectivity index (χ3n) is 4.19. The van der Waals surface area contributed by atoms with Crippen LogP contribution in [0.3, 0.4) is 0 Å². The van der Waals surface area contributed by atoms with Gasteiger partial charge < -0.3 is 9.30 Å². The molecule has 4 rings (SSSR count). The number of nitrogens with one attached hydrogen (secondary N) is 1. The third kappa shape index (κ3) is 3.32. The SMILES string of the molecule is COc1cccc(CCC2=NNC(=C3C=Cc4nccn4C3)S2)c1Cl. The van der Waals surface area contributed by atoms with E-state index in [1.165, 1.54) is 5.57 Å². The van der Waals surface area contributed by atoms with Crippen molar-refractivity contribution >= 4 is 34.5 Å². The Morgan fingerprint density at radius 3 is 3.12 bits per heavy atom. The minimum atomic E-state index is 0.683. The van der Waals surface area contributed by atoms with Gasteiger partial charge in [-0.25, -0.2) is 4.98 Å². The molecule has 0 spiro atoms. The lowest BCUT2D eigenvalue weighted by Gasteiger charge is -2.13. The van der Waals surface area contributed by atoms with Crippen LogP contribution < -0.4 is 10.2 Å². The normalized spacial score (nSPS) is 18.7. The van der Waals surface area contributed by atoms with Crippen molar-refractivity contribution in [3.05, 3.63) is 63.7 Å². The van der Waals surface area contributed by atoms with Gasteiger partial charge in [0.25, 0.3) is 0 Å². The van der Waals surface area contributed by atoms with E-state index in [0.29, 0.717) is 10.8 Å². The summed E-state index contributed by atoms with van der Waals surface area (Å²) in [7, 11) is 1.63. The van der Waals surface area contributed by atoms with Crippen molar-refractivity contribution in [2.75, 3.05) is 7.11 Å². The lowest BCUT2D eigenvalue weighted by Crippen LogP contribution is -2.10. The van der Waals surface area contributed by atoms with Crippen molar-refractivity contribution in [2.24, 2.45) is 5.10 Å². The molecule has 7 heteroatoms. The summed E-state index contributed by atoms with van der Waals surface area (Å²) in [5.41, 5.74) is 5.45. The number of hydrogen-bond acceptors (Lipinski definition) is 5. The maximum absolute atomic E-state index is 6.37. The van der Waals surface area contributed by atoms with Gasteiger partial charge in [0.2, 0.25) is 0 Å². The molecule has 2 aliphatic rings. The van der Waals surface area contributed by atoms with Crippen molar-refractivity contribution in [3.8, 4) is 5.75 Å². The first kappa shape index (κ1) is 16.3. The van der Waals surface area contributed by atoms with Crippen LogP contribution in [0, 0.1) is 0 Å². The van der Waals surface area contributed by atoms with E-state index in [1.54, 1.807) is 18.9 Å². The fourth-order valence-corrected chi connectivity index (χ4v) is 4.03. The summed E-state index contributed by atoms with van der Waals surface area (Å²) in [6.07, 6.45) is 9.61. The minimum absolute atomic E-state index is 0.683. The Kier molecular flexibility index (Phi) is 4.55. The number of methoxy groups -OCH3 is 1. The number of imidazole rings is 1. The fraction of sp³-hybridized carbons (Fsp3) is 0.222. The zero-order chi connectivity index (χ0) is 17.2. The van der Waals surface area contributed by atoms with Crippen molar-refractivity contribution in [3.63, 3.8) is 0 Å². The van der Waals surface area contributed by atoms with Crippen LogP contribution in [0.2, 0.25) is 5.02 Å². The highest BCUT2D eigenvalue weighted by molar-refractivity contribution is 8.17. The van der Waals surface area contributed by atoms with E-state index in [1.807, 2.05) is 36.7 Å². The highest BCUT2D eigenvalue weighted by atomic mass is 35.5. The molecule has 0 saturated heterocycles. The van der Waals surface area contributed by atoms with Crippen LogP contribution >= 0.6 is 23.4 Å². The molecule has 3 heterocycles. The van der Waals surface area contributed by atoms with Crippen LogP contribution in [0.5, 0.6) is 5.75 Å². The standard InChI is InChI=1S/C18H17ClN4OS/c1-24-14-4-2-3-12(17(14)19)6-8-16-21-22-18(25-16)13-5-7-15-20-9-10-23(15)11-13/h2-5,7,9-10,22H,6,8,11H2,1H3. The average Bonchev–Trinajstić information content (AvgIpc) is 3.29. The summed E-state index contributed by atoms with van der Waals surface area (Å²) in [6.45, 7) is 0.811. The fourth-order valence-electron chi connectivity index (χ4n) is 2.84. The van der Waals surface area contributed by atoms with E-state index in [4.69, 9.17) is 16.3 Å². The molecule has 0 atom stereocenters. The number of hydrazone groups is 1. The van der Waals surface area contributed by atoms with Crippen molar-refractivity contribution in [1.29, 1.82) is 0 Å². The highest BCUT2D eigenvalue weighted by Crippen LogP contribution is 2.32. The van der Waals surface area contributed by atoms with Gasteiger partial charge in [0.15, 0.2) is 0 Å². The van der Waals surface area contributed by atoms with Crippen LogP contribution in [0.1, 0.15) is 17.8 Å². The Balaban J connectivity index is 1.41. The van der Waals surface area contributed by atoms with Gasteiger partial charge in [0, 0.05) is 24.4 Å². The minimum Gasteiger partial charge on any atom is -0.495 e. The average molecular weight is 373 g/mol. The summed E-state index contributed by atoms with van der Waals surface area (Å²) in [5, 5.41) is 7.29. The molecule has 1 N–H and O–H groups in total. The largest absolute Gasteiger partial charge is 0.495 e. The molecule has 128 valence electrons. The van der Waals surface area contributed by atoms with Crippen LogP contribution in [-0.2, 0) is 13.0 Å². The lowest BCUT2D eigenvalue weighted by molar-refractivity contribution is 0.414. The quantitative estimate of drug-likeness (QED) is 0.879. The molecule has 5 nitrogen and oxygen atoms in total. The first-order valence-electron chi connectivity index (χ1n) is 7.99.